The maximum Gasteiger partial charge on any atom is 0.145 e. The highest BCUT2D eigenvalue weighted by Gasteiger charge is 2.54. The van der Waals surface area contributed by atoms with Gasteiger partial charge in [-0.2, -0.15) is 0 Å². The van der Waals surface area contributed by atoms with E-state index in [1.54, 1.807) is 6.07 Å². The van der Waals surface area contributed by atoms with Gasteiger partial charge < -0.3 is 0 Å². The Kier molecular flexibility index (Phi) is 3.84. The number of thiol groups is 1. The van der Waals surface area contributed by atoms with E-state index in [0.717, 1.165) is 28.9 Å². The number of allylic oxidation sites excluding steroid dienone is 2. The third-order valence-corrected chi connectivity index (χ3v) is 11.6. The molecule has 0 saturated carbocycles. The third kappa shape index (κ3) is 2.48. The first-order chi connectivity index (χ1) is 12.7. The summed E-state index contributed by atoms with van der Waals surface area (Å²) < 4.78 is 30.4. The van der Waals surface area contributed by atoms with E-state index >= 15 is 4.39 Å². The van der Waals surface area contributed by atoms with E-state index in [1.165, 1.54) is 16.5 Å². The van der Waals surface area contributed by atoms with Crippen LogP contribution in [-0.4, -0.2) is 12.0 Å². The molecule has 2 aromatic carbocycles. The predicted octanol–water partition coefficient (Wildman–Crippen LogP) is 7.24. The maximum absolute atomic E-state index is 15.7. The number of hydrogen-bond donors (Lipinski definition) is 1. The molecule has 0 bridgehead atoms. The Hall–Kier alpha value is -2.13. The monoisotopic (exact) mass is 384 g/mol. The molecule has 0 nitrogen and oxygen atoms in total. The van der Waals surface area contributed by atoms with Crippen LogP contribution < -0.4 is 0 Å². The first-order valence-corrected chi connectivity index (χ1v) is 12.3. The van der Waals surface area contributed by atoms with Crippen molar-refractivity contribution in [3.63, 3.8) is 0 Å². The Bertz CT molecular complexity index is 1080. The molecule has 4 rings (SSSR count). The number of fused-ring (bicyclic) bond motifs is 1. The van der Waals surface area contributed by atoms with Crippen molar-refractivity contribution < 1.29 is 8.78 Å². The lowest BCUT2D eigenvalue weighted by Gasteiger charge is -2.42. The van der Waals surface area contributed by atoms with Crippen molar-refractivity contribution in [3.8, 4) is 11.1 Å². The summed E-state index contributed by atoms with van der Waals surface area (Å²) in [5.41, 5.74) is 5.05. The fourth-order valence-corrected chi connectivity index (χ4v) is 10.1. The standard InChI is InChI=1S/C24H26F2S/c1-6-16(3)20-8-7-18(12-17(20)4)23-21(25)9-10-22(24(23)26)27(5)13-15(2)11-19(27)14-27/h7-12,14,27H,3,6,13H2,1-2,4-5H3. The topological polar surface area (TPSA) is 0 Å². The van der Waals surface area contributed by atoms with Crippen molar-refractivity contribution in [2.24, 2.45) is 0 Å². The molecule has 0 aliphatic carbocycles. The summed E-state index contributed by atoms with van der Waals surface area (Å²) in [5, 5.41) is 2.23. The molecular formula is C24H26F2S. The SMILES string of the molecule is C=C(CC)c1ccc(-c2c(F)ccc([SH]34(C)C=C3C=C(C)C4)c2F)cc1C. The largest absolute Gasteiger partial charge is 0.221 e. The first-order valence-electron chi connectivity index (χ1n) is 9.38. The van der Waals surface area contributed by atoms with Crippen molar-refractivity contribution in [1.82, 2.24) is 0 Å². The van der Waals surface area contributed by atoms with Crippen LogP contribution in [0.2, 0.25) is 0 Å². The molecule has 2 heterocycles. The number of rotatable bonds is 4. The van der Waals surface area contributed by atoms with Gasteiger partial charge in [0, 0.05) is 4.90 Å². The fourth-order valence-electron chi connectivity index (χ4n) is 4.61. The second kappa shape index (κ2) is 5.68. The average molecular weight is 385 g/mol. The number of aryl methyl sites for hydroxylation is 1. The van der Waals surface area contributed by atoms with E-state index in [1.807, 2.05) is 25.1 Å². The molecule has 0 fully saturated rings. The van der Waals surface area contributed by atoms with Crippen LogP contribution in [0.25, 0.3) is 16.7 Å². The number of hydrogen-bond acceptors (Lipinski definition) is 0. The summed E-state index contributed by atoms with van der Waals surface area (Å²) in [6.07, 6.45) is 5.22. The summed E-state index contributed by atoms with van der Waals surface area (Å²) >= 11 is 0. The Morgan fingerprint density at radius 3 is 2.48 bits per heavy atom. The highest BCUT2D eigenvalue weighted by Crippen LogP contribution is 2.93. The first kappa shape index (κ1) is 18.2. The van der Waals surface area contributed by atoms with E-state index in [-0.39, 0.29) is 5.56 Å². The van der Waals surface area contributed by atoms with E-state index in [2.05, 4.69) is 38.2 Å². The Morgan fingerprint density at radius 1 is 1.15 bits per heavy atom. The van der Waals surface area contributed by atoms with Crippen LogP contribution in [0.15, 0.2) is 63.8 Å². The van der Waals surface area contributed by atoms with Crippen LogP contribution in [0.3, 0.4) is 0 Å². The zero-order valence-electron chi connectivity index (χ0n) is 16.4. The van der Waals surface area contributed by atoms with Crippen molar-refractivity contribution in [1.29, 1.82) is 0 Å². The second-order valence-electron chi connectivity index (χ2n) is 8.34. The molecule has 0 unspecified atom stereocenters. The second-order valence-corrected chi connectivity index (χ2v) is 13.7. The minimum Gasteiger partial charge on any atom is -0.221 e. The number of benzene rings is 2. The summed E-state index contributed by atoms with van der Waals surface area (Å²) in [6, 6.07) is 8.73. The van der Waals surface area contributed by atoms with Gasteiger partial charge in [0.2, 0.25) is 0 Å². The Balaban J connectivity index is 1.84. The molecule has 2 aliphatic rings. The van der Waals surface area contributed by atoms with Gasteiger partial charge in [0.1, 0.15) is 11.6 Å². The lowest BCUT2D eigenvalue weighted by Crippen LogP contribution is -2.09. The quantitative estimate of drug-likeness (QED) is 0.528. The highest BCUT2D eigenvalue weighted by molar-refractivity contribution is 8.59. The third-order valence-electron chi connectivity index (χ3n) is 6.25. The zero-order valence-corrected chi connectivity index (χ0v) is 17.3. The zero-order chi connectivity index (χ0) is 19.6. The van der Waals surface area contributed by atoms with E-state index in [4.69, 9.17) is 0 Å². The number of halogens is 2. The lowest BCUT2D eigenvalue weighted by molar-refractivity contribution is 0.571. The minimum absolute atomic E-state index is 0.0920. The van der Waals surface area contributed by atoms with Crippen LogP contribution >= 0.6 is 9.16 Å². The lowest BCUT2D eigenvalue weighted by atomic mass is 9.95. The molecule has 0 amide bonds. The Morgan fingerprint density at radius 2 is 1.89 bits per heavy atom. The van der Waals surface area contributed by atoms with Gasteiger partial charge in [-0.05, 0) is 77.0 Å². The molecule has 0 radical (unpaired) electrons. The summed E-state index contributed by atoms with van der Waals surface area (Å²) in [7, 11) is -2.48. The van der Waals surface area contributed by atoms with Crippen LogP contribution in [0.1, 0.15) is 31.4 Å². The molecule has 0 saturated heterocycles. The molecule has 0 aromatic heterocycles. The summed E-state index contributed by atoms with van der Waals surface area (Å²) in [6.45, 7) is 10.2. The maximum atomic E-state index is 15.7. The van der Waals surface area contributed by atoms with Crippen molar-refractivity contribution in [2.75, 3.05) is 12.0 Å². The Labute approximate surface area is 160 Å². The molecule has 2 aromatic rings. The van der Waals surface area contributed by atoms with Gasteiger partial charge in [0.15, 0.2) is 0 Å². The van der Waals surface area contributed by atoms with Gasteiger partial charge in [-0.15, -0.1) is 0 Å². The molecule has 3 heteroatoms. The summed E-state index contributed by atoms with van der Waals surface area (Å²) in [5.74, 6) is -0.0156. The molecule has 142 valence electrons. The van der Waals surface area contributed by atoms with Crippen LogP contribution in [0.5, 0.6) is 0 Å². The van der Waals surface area contributed by atoms with Crippen molar-refractivity contribution in [2.45, 2.75) is 32.1 Å². The van der Waals surface area contributed by atoms with Crippen molar-refractivity contribution >= 4 is 14.7 Å². The van der Waals surface area contributed by atoms with Crippen LogP contribution in [0.4, 0.5) is 8.78 Å². The highest BCUT2D eigenvalue weighted by atomic mass is 32.3. The molecule has 0 N–H and O–H groups in total. The van der Waals surface area contributed by atoms with Gasteiger partial charge in [-0.3, -0.25) is 0 Å². The summed E-state index contributed by atoms with van der Waals surface area (Å²) in [4.78, 5) is 1.96. The van der Waals surface area contributed by atoms with Gasteiger partial charge in [0.05, 0.1) is 5.56 Å². The van der Waals surface area contributed by atoms with Crippen molar-refractivity contribution in [3.05, 3.63) is 81.6 Å². The van der Waals surface area contributed by atoms with Crippen LogP contribution in [0, 0.1) is 18.6 Å². The van der Waals surface area contributed by atoms with Gasteiger partial charge >= 0.3 is 0 Å². The van der Waals surface area contributed by atoms with Crippen LogP contribution in [-0.2, 0) is 0 Å². The molecule has 0 spiro atoms. The van der Waals surface area contributed by atoms with Gasteiger partial charge in [0.25, 0.3) is 0 Å². The molecule has 2 aliphatic heterocycles. The molecular weight excluding hydrogens is 358 g/mol. The predicted molar refractivity (Wildman–Crippen MR) is 116 cm³/mol. The average Bonchev–Trinajstić information content (AvgIpc) is 3.08. The van der Waals surface area contributed by atoms with Gasteiger partial charge in [-0.25, -0.2) is 17.9 Å². The fraction of sp³-hybridized carbons (Fsp3) is 0.250. The van der Waals surface area contributed by atoms with E-state index < -0.39 is 20.8 Å². The molecule has 27 heavy (non-hydrogen) atoms. The van der Waals surface area contributed by atoms with E-state index in [9.17, 15) is 4.39 Å². The van der Waals surface area contributed by atoms with Gasteiger partial charge in [-0.1, -0.05) is 43.4 Å². The smallest absolute Gasteiger partial charge is 0.145 e. The normalized spacial score (nSPS) is 20.1. The minimum atomic E-state index is -2.48. The molecule has 0 atom stereocenters. The van der Waals surface area contributed by atoms with E-state index in [0.29, 0.717) is 10.5 Å².